The smallest absolute Gasteiger partial charge is 1.00 e. The third-order valence-corrected chi connectivity index (χ3v) is 5.30. The molecule has 0 aromatic rings. The van der Waals surface area contributed by atoms with E-state index in [4.69, 9.17) is 0 Å². The van der Waals surface area contributed by atoms with Crippen LogP contribution in [0.2, 0.25) is 0 Å². The van der Waals surface area contributed by atoms with E-state index in [0.717, 1.165) is 3.28 Å². The van der Waals surface area contributed by atoms with Crippen molar-refractivity contribution < 1.29 is 39.3 Å². The number of alkyl halides is 3. The van der Waals surface area contributed by atoms with Crippen molar-refractivity contribution in [3.63, 3.8) is 0 Å². The van der Waals surface area contributed by atoms with Crippen LogP contribution in [0.25, 0.3) is 0 Å². The van der Waals surface area contributed by atoms with Gasteiger partial charge in [0.15, 0.2) is 0 Å². The molecule has 0 nitrogen and oxygen atoms in total. The van der Waals surface area contributed by atoms with Gasteiger partial charge in [-0.2, -0.15) is 0 Å². The maximum Gasteiger partial charge on any atom is -1.00 e. The van der Waals surface area contributed by atoms with Crippen molar-refractivity contribution in [1.29, 1.82) is 0 Å². The summed E-state index contributed by atoms with van der Waals surface area (Å²) in [7, 11) is 0. The van der Waals surface area contributed by atoms with Gasteiger partial charge in [-0.15, -0.1) is 0 Å². The van der Waals surface area contributed by atoms with Crippen molar-refractivity contribution in [2.45, 2.75) is 19.5 Å². The Morgan fingerprint density at radius 3 is 2.73 bits per heavy atom. The Bertz CT molecular complexity index is 341. The zero-order valence-electron chi connectivity index (χ0n) is 10.3. The van der Waals surface area contributed by atoms with Crippen molar-refractivity contribution in [3.8, 4) is 0 Å². The minimum absolute atomic E-state index is 0. The van der Waals surface area contributed by atoms with Gasteiger partial charge in [0.25, 0.3) is 0 Å². The zero-order valence-corrected chi connectivity index (χ0v) is 10.8. The largest absolute Gasteiger partial charge is 1.00 e. The van der Waals surface area contributed by atoms with Gasteiger partial charge in [0.1, 0.15) is 0 Å². The fourth-order valence-corrected chi connectivity index (χ4v) is 3.73. The molecule has 0 saturated heterocycles. The van der Waals surface area contributed by atoms with Crippen molar-refractivity contribution >= 4 is 0 Å². The van der Waals surface area contributed by atoms with Crippen LogP contribution in [0.4, 0.5) is 13.2 Å². The van der Waals surface area contributed by atoms with E-state index in [1.165, 1.54) is 12.2 Å². The van der Waals surface area contributed by atoms with Crippen LogP contribution in [0.3, 0.4) is 0 Å². The molecular weight excluding hydrogens is 280 g/mol. The topological polar surface area (TPSA) is 0 Å². The second kappa shape index (κ2) is 5.64. The van der Waals surface area contributed by atoms with Gasteiger partial charge >= 0.3 is 98.9 Å². The molecule has 0 atom stereocenters. The SMILES string of the molecule is CC=CC=[C]([Zr][C]1=CC=CC1)C(F)(F)F.[H-].[H-]. The first-order valence-electron chi connectivity index (χ1n) is 4.57. The average molecular weight is 293 g/mol. The van der Waals surface area contributed by atoms with Crippen molar-refractivity contribution in [2.24, 2.45) is 0 Å². The van der Waals surface area contributed by atoms with E-state index in [-0.39, 0.29) is 6.13 Å². The van der Waals surface area contributed by atoms with Gasteiger partial charge in [-0.05, 0) is 0 Å². The van der Waals surface area contributed by atoms with Crippen LogP contribution < -0.4 is 0 Å². The van der Waals surface area contributed by atoms with E-state index >= 15 is 0 Å². The summed E-state index contributed by atoms with van der Waals surface area (Å²) in [5.41, 5.74) is 0. The minimum atomic E-state index is -4.16. The molecule has 0 unspecified atom stereocenters. The fourth-order valence-electron chi connectivity index (χ4n) is 1.11. The van der Waals surface area contributed by atoms with Gasteiger partial charge < -0.3 is 2.85 Å². The Kier molecular flexibility index (Phi) is 4.78. The summed E-state index contributed by atoms with van der Waals surface area (Å²) in [6.45, 7) is 1.71. The second-order valence-electron chi connectivity index (χ2n) is 3.05. The van der Waals surface area contributed by atoms with Gasteiger partial charge in [-0.3, -0.25) is 0 Å². The first kappa shape index (κ1) is 12.7. The summed E-state index contributed by atoms with van der Waals surface area (Å²) in [6.07, 6.45) is 6.40. The molecule has 0 bridgehead atoms. The van der Waals surface area contributed by atoms with Crippen LogP contribution in [0.5, 0.6) is 0 Å². The molecule has 1 aliphatic carbocycles. The molecule has 0 aromatic heterocycles. The van der Waals surface area contributed by atoms with E-state index in [1.54, 1.807) is 13.0 Å². The molecule has 0 heterocycles. The predicted molar refractivity (Wildman–Crippen MR) is 53.0 cm³/mol. The first-order chi connectivity index (χ1) is 7.04. The van der Waals surface area contributed by atoms with Crippen LogP contribution in [0.15, 0.2) is 43.0 Å². The average Bonchev–Trinajstić information content (AvgIpc) is 2.62. The standard InChI is InChI=1S/C6H6F3.C5H5.Zr.2H/c1-2-3-4-5-6(7,8)9;1-2-4-5-3-1;;;/h2-4H,1H3;1-3H,4H2;;;/q;;;2*-1. The molecule has 15 heavy (non-hydrogen) atoms. The molecule has 0 aromatic carbocycles. The van der Waals surface area contributed by atoms with Gasteiger partial charge in [0.2, 0.25) is 0 Å². The van der Waals surface area contributed by atoms with Crippen LogP contribution >= 0.6 is 0 Å². The summed E-state index contributed by atoms with van der Waals surface area (Å²) < 4.78 is 38.4. The molecule has 1 aliphatic rings. The molecular formula is C11H13F3Zr-2. The number of hydrogen-bond acceptors (Lipinski definition) is 0. The van der Waals surface area contributed by atoms with Crippen LogP contribution in [0, 0.1) is 0 Å². The van der Waals surface area contributed by atoms with Crippen molar-refractivity contribution in [3.05, 3.63) is 43.0 Å². The normalized spacial score (nSPS) is 17.3. The molecule has 0 amide bonds. The first-order valence-corrected chi connectivity index (χ1v) is 7.02. The molecule has 0 N–H and O–H groups in total. The molecule has 1 rings (SSSR count). The van der Waals surface area contributed by atoms with Crippen molar-refractivity contribution in [1.82, 2.24) is 0 Å². The van der Waals surface area contributed by atoms with Gasteiger partial charge in [0, 0.05) is 0 Å². The maximum absolute atomic E-state index is 12.6. The number of allylic oxidation sites excluding steroid dienone is 8. The third-order valence-electron chi connectivity index (χ3n) is 1.83. The van der Waals surface area contributed by atoms with Crippen LogP contribution in [-0.4, -0.2) is 6.18 Å². The van der Waals surface area contributed by atoms with Gasteiger partial charge in [0.05, 0.1) is 0 Å². The van der Waals surface area contributed by atoms with Crippen LogP contribution in [-0.2, 0) is 23.2 Å². The molecule has 0 saturated carbocycles. The fraction of sp³-hybridized carbons (Fsp3) is 0.273. The van der Waals surface area contributed by atoms with Gasteiger partial charge in [-0.1, -0.05) is 0 Å². The Balaban J connectivity index is 0. The second-order valence-corrected chi connectivity index (χ2v) is 6.57. The summed E-state index contributed by atoms with van der Waals surface area (Å²) >= 11 is -1.64. The molecule has 0 aliphatic heterocycles. The van der Waals surface area contributed by atoms with E-state index in [9.17, 15) is 13.2 Å². The summed E-state index contributed by atoms with van der Waals surface area (Å²) in [4.78, 5) is 0. The molecule has 0 spiro atoms. The molecule has 0 radical (unpaired) electrons. The number of hydrogen-bond donors (Lipinski definition) is 0. The Hall–Kier alpha value is -0.367. The van der Waals surface area contributed by atoms with Crippen molar-refractivity contribution in [2.75, 3.05) is 0 Å². The summed E-state index contributed by atoms with van der Waals surface area (Å²) in [5, 5.41) is 0. The quantitative estimate of drug-likeness (QED) is 0.685. The maximum atomic E-state index is 12.6. The van der Waals surface area contributed by atoms with E-state index in [2.05, 4.69) is 0 Å². The van der Waals surface area contributed by atoms with Gasteiger partial charge in [-0.25, -0.2) is 0 Å². The molecule has 4 heteroatoms. The zero-order chi connectivity index (χ0) is 11.3. The monoisotopic (exact) mass is 292 g/mol. The number of rotatable bonds is 3. The number of halogens is 3. The minimum Gasteiger partial charge on any atom is -1.00 e. The van der Waals surface area contributed by atoms with E-state index < -0.39 is 29.4 Å². The predicted octanol–water partition coefficient (Wildman–Crippen LogP) is 4.16. The van der Waals surface area contributed by atoms with E-state index in [1.807, 2.05) is 18.2 Å². The molecule has 84 valence electrons. The Morgan fingerprint density at radius 2 is 2.27 bits per heavy atom. The Morgan fingerprint density at radius 1 is 1.53 bits per heavy atom. The van der Waals surface area contributed by atoms with Crippen LogP contribution in [0.1, 0.15) is 16.2 Å². The molecule has 0 fully saturated rings. The third kappa shape index (κ3) is 4.33. The summed E-state index contributed by atoms with van der Waals surface area (Å²) in [5.74, 6) is 0. The summed E-state index contributed by atoms with van der Waals surface area (Å²) in [6, 6.07) is 0. The van der Waals surface area contributed by atoms with E-state index in [0.29, 0.717) is 6.42 Å². The Labute approximate surface area is 102 Å².